The highest BCUT2D eigenvalue weighted by atomic mass is 32.1. The van der Waals surface area contributed by atoms with Gasteiger partial charge in [-0.25, -0.2) is 9.97 Å². The minimum atomic E-state index is 0.702. The Hall–Kier alpha value is -5.06. The Kier molecular flexibility index (Phi) is 5.19. The predicted molar refractivity (Wildman–Crippen MR) is 179 cm³/mol. The number of rotatable bonds is 2. The summed E-state index contributed by atoms with van der Waals surface area (Å²) in [6.45, 7) is 0. The van der Waals surface area contributed by atoms with Gasteiger partial charge in [0.05, 0.1) is 26.9 Å². The largest absolute Gasteiger partial charge is 0.276 e. The lowest BCUT2D eigenvalue weighted by molar-refractivity contribution is 1.01. The number of fused-ring (bicyclic) bond motifs is 11. The molecule has 0 bridgehead atoms. The quantitative estimate of drug-likeness (QED) is 0.212. The van der Waals surface area contributed by atoms with Crippen molar-refractivity contribution in [1.29, 1.82) is 0 Å². The van der Waals surface area contributed by atoms with Crippen molar-refractivity contribution in [3.63, 3.8) is 0 Å². The van der Waals surface area contributed by atoms with Gasteiger partial charge in [0.25, 0.3) is 0 Å². The van der Waals surface area contributed by atoms with Crippen molar-refractivity contribution in [1.82, 2.24) is 14.5 Å². The fourth-order valence-electron chi connectivity index (χ4n) is 6.70. The van der Waals surface area contributed by atoms with Crippen LogP contribution in [0.5, 0.6) is 0 Å². The van der Waals surface area contributed by atoms with Crippen molar-refractivity contribution < 1.29 is 0 Å². The van der Waals surface area contributed by atoms with Crippen LogP contribution in [0.15, 0.2) is 121 Å². The van der Waals surface area contributed by atoms with Gasteiger partial charge in [0.15, 0.2) is 0 Å². The van der Waals surface area contributed by atoms with Gasteiger partial charge in [0.2, 0.25) is 5.95 Å². The lowest BCUT2D eigenvalue weighted by Gasteiger charge is -2.13. The molecule has 3 aromatic heterocycles. The molecular formula is C38H25N3S. The first-order valence-corrected chi connectivity index (χ1v) is 15.2. The maximum atomic E-state index is 5.35. The topological polar surface area (TPSA) is 30.7 Å². The molecule has 8 aromatic rings. The second kappa shape index (κ2) is 9.23. The van der Waals surface area contributed by atoms with Crippen LogP contribution in [-0.2, 0) is 6.42 Å². The molecule has 3 nitrogen and oxygen atoms in total. The average Bonchev–Trinajstić information content (AvgIpc) is 3.56. The zero-order valence-electron chi connectivity index (χ0n) is 22.8. The van der Waals surface area contributed by atoms with Crippen LogP contribution in [0.4, 0.5) is 0 Å². The van der Waals surface area contributed by atoms with Crippen LogP contribution in [0.2, 0.25) is 0 Å². The maximum absolute atomic E-state index is 5.35. The Balaban J connectivity index is 1.50. The second-order valence-electron chi connectivity index (χ2n) is 10.9. The van der Waals surface area contributed by atoms with E-state index < -0.39 is 0 Å². The molecule has 5 aromatic carbocycles. The van der Waals surface area contributed by atoms with E-state index in [4.69, 9.17) is 9.97 Å². The smallest absolute Gasteiger partial charge is 0.235 e. The molecule has 0 aliphatic heterocycles. The molecule has 0 atom stereocenters. The molecule has 0 amide bonds. The van der Waals surface area contributed by atoms with E-state index in [2.05, 4.69) is 132 Å². The summed E-state index contributed by atoms with van der Waals surface area (Å²) >= 11 is 1.90. The fourth-order valence-corrected chi connectivity index (χ4v) is 8.02. The van der Waals surface area contributed by atoms with Gasteiger partial charge in [-0.3, -0.25) is 4.57 Å². The molecule has 1 aliphatic rings. The van der Waals surface area contributed by atoms with Crippen LogP contribution in [-0.4, -0.2) is 14.5 Å². The van der Waals surface area contributed by atoms with E-state index in [-0.39, 0.29) is 0 Å². The van der Waals surface area contributed by atoms with Gasteiger partial charge in [-0.05, 0) is 47.4 Å². The van der Waals surface area contributed by atoms with Crippen molar-refractivity contribution in [2.45, 2.75) is 12.8 Å². The average molecular weight is 556 g/mol. The fraction of sp³-hybridized carbons (Fsp3) is 0.0526. The summed E-state index contributed by atoms with van der Waals surface area (Å²) in [5, 5.41) is 7.51. The number of aromatic nitrogens is 3. The molecular weight excluding hydrogens is 531 g/mol. The number of allylic oxidation sites excluding steroid dienone is 3. The highest BCUT2D eigenvalue weighted by Crippen LogP contribution is 2.47. The second-order valence-corrected chi connectivity index (χ2v) is 11.9. The lowest BCUT2D eigenvalue weighted by atomic mass is 9.95. The van der Waals surface area contributed by atoms with Crippen LogP contribution in [0.1, 0.15) is 16.9 Å². The van der Waals surface area contributed by atoms with Crippen molar-refractivity contribution >= 4 is 71.0 Å². The number of nitrogens with zero attached hydrogens (tertiary/aromatic N) is 3. The van der Waals surface area contributed by atoms with E-state index in [0.717, 1.165) is 40.5 Å². The Morgan fingerprint density at radius 2 is 1.36 bits per heavy atom. The van der Waals surface area contributed by atoms with Gasteiger partial charge in [0, 0.05) is 32.0 Å². The minimum Gasteiger partial charge on any atom is -0.276 e. The summed E-state index contributed by atoms with van der Waals surface area (Å²) in [5.41, 5.74) is 6.73. The number of hydrogen-bond acceptors (Lipinski definition) is 3. The summed E-state index contributed by atoms with van der Waals surface area (Å²) in [6.07, 6.45) is 11.0. The standard InChI is InChI=1S/C38H25N3S/c1-2-7-23-32-29(20-6-1)34-26-17-9-8-16-25(26)33-28-19-11-13-22-31(28)41(36(33)37(34)42-32)38-39-30-21-12-10-18-27(30)35(40-38)24-14-4-3-5-15-24/h1-5,7-19,21-23H,6,20H2/b2-1-,23-7-. The molecule has 0 radical (unpaired) electrons. The lowest BCUT2D eigenvalue weighted by Crippen LogP contribution is -2.03. The molecule has 0 N–H and O–H groups in total. The number of hydrogen-bond donors (Lipinski definition) is 0. The first-order chi connectivity index (χ1) is 20.9. The molecule has 0 fully saturated rings. The van der Waals surface area contributed by atoms with Crippen LogP contribution >= 0.6 is 11.3 Å². The normalized spacial score (nSPS) is 14.9. The van der Waals surface area contributed by atoms with Crippen LogP contribution in [0.3, 0.4) is 0 Å². The Morgan fingerprint density at radius 1 is 0.643 bits per heavy atom. The van der Waals surface area contributed by atoms with Gasteiger partial charge < -0.3 is 0 Å². The van der Waals surface area contributed by atoms with Crippen molar-refractivity contribution in [2.75, 3.05) is 0 Å². The minimum absolute atomic E-state index is 0.702. The predicted octanol–water partition coefficient (Wildman–Crippen LogP) is 10.3. The Morgan fingerprint density at radius 3 is 2.21 bits per heavy atom. The molecule has 0 spiro atoms. The first kappa shape index (κ1) is 23.6. The van der Waals surface area contributed by atoms with E-state index >= 15 is 0 Å². The summed E-state index contributed by atoms with van der Waals surface area (Å²) in [5.74, 6) is 0.702. The number of aryl methyl sites for hydroxylation is 1. The zero-order chi connectivity index (χ0) is 27.6. The molecule has 0 unspecified atom stereocenters. The van der Waals surface area contributed by atoms with Crippen LogP contribution in [0, 0.1) is 0 Å². The van der Waals surface area contributed by atoms with E-state index in [9.17, 15) is 0 Å². The summed E-state index contributed by atoms with van der Waals surface area (Å²) in [6, 6.07) is 36.5. The number of thiophene rings is 1. The van der Waals surface area contributed by atoms with Gasteiger partial charge in [-0.1, -0.05) is 109 Å². The maximum Gasteiger partial charge on any atom is 0.235 e. The Bertz CT molecular complexity index is 2410. The Labute approximate surface area is 246 Å². The molecule has 0 saturated carbocycles. The van der Waals surface area contributed by atoms with Crippen molar-refractivity contribution in [3.05, 3.63) is 132 Å². The van der Waals surface area contributed by atoms with Crippen molar-refractivity contribution in [3.8, 4) is 17.2 Å². The molecule has 42 heavy (non-hydrogen) atoms. The molecule has 0 saturated heterocycles. The third-order valence-electron chi connectivity index (χ3n) is 8.49. The van der Waals surface area contributed by atoms with E-state index in [0.29, 0.717) is 5.95 Å². The summed E-state index contributed by atoms with van der Waals surface area (Å²) < 4.78 is 3.62. The molecule has 1 aliphatic carbocycles. The molecule has 198 valence electrons. The van der Waals surface area contributed by atoms with Gasteiger partial charge in [-0.2, -0.15) is 0 Å². The monoisotopic (exact) mass is 555 g/mol. The third-order valence-corrected chi connectivity index (χ3v) is 9.69. The number of para-hydroxylation sites is 2. The third kappa shape index (κ3) is 3.39. The highest BCUT2D eigenvalue weighted by Gasteiger charge is 2.24. The summed E-state index contributed by atoms with van der Waals surface area (Å²) in [4.78, 5) is 11.9. The molecule has 9 rings (SSSR count). The van der Waals surface area contributed by atoms with Gasteiger partial charge >= 0.3 is 0 Å². The molecule has 3 heterocycles. The number of benzene rings is 5. The first-order valence-electron chi connectivity index (χ1n) is 14.4. The van der Waals surface area contributed by atoms with Crippen molar-refractivity contribution in [2.24, 2.45) is 0 Å². The zero-order valence-corrected chi connectivity index (χ0v) is 23.6. The van der Waals surface area contributed by atoms with Gasteiger partial charge in [-0.15, -0.1) is 11.3 Å². The molecule has 4 heteroatoms. The van der Waals surface area contributed by atoms with Crippen LogP contribution < -0.4 is 0 Å². The summed E-state index contributed by atoms with van der Waals surface area (Å²) in [7, 11) is 0. The van der Waals surface area contributed by atoms with Gasteiger partial charge in [0.1, 0.15) is 0 Å². The van der Waals surface area contributed by atoms with Crippen LogP contribution in [0.25, 0.3) is 76.8 Å². The van der Waals surface area contributed by atoms with E-state index in [1.54, 1.807) is 0 Å². The van der Waals surface area contributed by atoms with E-state index in [1.165, 1.54) is 47.6 Å². The SMILES string of the molecule is C1=C\CCc2c(sc3c2c2ccccc2c2c4ccccc4n(-c4nc(-c5ccccc5)c5ccccc5n4)c32)\C=C/1. The highest BCUT2D eigenvalue weighted by molar-refractivity contribution is 7.21. The van der Waals surface area contributed by atoms with E-state index in [1.807, 2.05) is 11.3 Å².